The molecule has 2 rings (SSSR count). The molecule has 0 fully saturated rings. The number of rotatable bonds is 2. The van der Waals surface area contributed by atoms with Gasteiger partial charge < -0.3 is 16.0 Å². The summed E-state index contributed by atoms with van der Waals surface area (Å²) in [7, 11) is 1.68. The number of hydrogen-bond acceptors (Lipinski definition) is 5. The minimum absolute atomic E-state index is 0.107. The van der Waals surface area contributed by atoms with Crippen LogP contribution in [0.25, 0.3) is 0 Å². The molecule has 0 aliphatic carbocycles. The van der Waals surface area contributed by atoms with Crippen molar-refractivity contribution < 1.29 is 9.59 Å². The number of likely N-dealkylation sites (N-methyl/N-ethyl adjacent to an activating group) is 1. The summed E-state index contributed by atoms with van der Waals surface area (Å²) in [5, 5.41) is 2.73. The molecule has 6 nitrogen and oxygen atoms in total. The van der Waals surface area contributed by atoms with E-state index in [0.717, 1.165) is 10.6 Å². The van der Waals surface area contributed by atoms with Crippen LogP contribution >= 0.6 is 11.8 Å². The van der Waals surface area contributed by atoms with Crippen LogP contribution in [0.5, 0.6) is 0 Å². The van der Waals surface area contributed by atoms with Gasteiger partial charge in [-0.25, -0.2) is 4.98 Å². The molecule has 0 unspecified atom stereocenters. The smallest absolute Gasteiger partial charge is 0.244 e. The third kappa shape index (κ3) is 2.94. The first-order chi connectivity index (χ1) is 9.40. The summed E-state index contributed by atoms with van der Waals surface area (Å²) in [6.07, 6.45) is 1.66. The Morgan fingerprint density at radius 3 is 2.95 bits per heavy atom. The number of fused-ring (bicyclic) bond motifs is 1. The van der Waals surface area contributed by atoms with E-state index in [1.54, 1.807) is 19.3 Å². The van der Waals surface area contributed by atoms with E-state index in [0.29, 0.717) is 11.6 Å². The minimum atomic E-state index is -0.522. The van der Waals surface area contributed by atoms with E-state index in [-0.39, 0.29) is 17.7 Å². The van der Waals surface area contributed by atoms with Crippen molar-refractivity contribution in [1.82, 2.24) is 4.98 Å². The van der Waals surface area contributed by atoms with E-state index >= 15 is 0 Å². The molecule has 1 aliphatic rings. The first kappa shape index (κ1) is 14.8. The third-order valence-corrected chi connectivity index (χ3v) is 4.20. The van der Waals surface area contributed by atoms with Crippen molar-refractivity contribution in [2.75, 3.05) is 23.0 Å². The highest BCUT2D eigenvalue weighted by Gasteiger charge is 2.26. The molecular weight excluding hydrogens is 276 g/mol. The number of hydrogen-bond donors (Lipinski definition) is 2. The van der Waals surface area contributed by atoms with Gasteiger partial charge >= 0.3 is 0 Å². The largest absolute Gasteiger partial charge is 0.319 e. The molecule has 2 amide bonds. The van der Waals surface area contributed by atoms with Crippen LogP contribution in [0.15, 0.2) is 17.2 Å². The second-order valence-corrected chi connectivity index (χ2v) is 6.06. The van der Waals surface area contributed by atoms with E-state index in [1.165, 1.54) is 16.7 Å². The van der Waals surface area contributed by atoms with E-state index in [9.17, 15) is 9.59 Å². The van der Waals surface area contributed by atoms with E-state index < -0.39 is 6.04 Å². The average molecular weight is 294 g/mol. The van der Waals surface area contributed by atoms with Crippen molar-refractivity contribution in [3.63, 3.8) is 0 Å². The fourth-order valence-electron chi connectivity index (χ4n) is 1.76. The summed E-state index contributed by atoms with van der Waals surface area (Å²) < 4.78 is 0. The number of carbonyl (C=O) groups excluding carboxylic acids is 2. The first-order valence-corrected chi connectivity index (χ1v) is 7.35. The van der Waals surface area contributed by atoms with Crippen LogP contribution in [0, 0.1) is 5.92 Å². The van der Waals surface area contributed by atoms with Crippen molar-refractivity contribution in [2.24, 2.45) is 11.7 Å². The average Bonchev–Trinajstić information content (AvgIpc) is 2.52. The number of pyridine rings is 1. The van der Waals surface area contributed by atoms with Gasteiger partial charge in [0.2, 0.25) is 11.8 Å². The Hall–Kier alpha value is -1.60. The summed E-state index contributed by atoms with van der Waals surface area (Å²) >= 11 is 1.50. The standard InChI is InChI=1S/C13H18N4O2S/c1-7(2)12(18)16-11-4-9-10(5-15-11)20-6-8(14)13(19)17(9)3/h4-5,7-8H,6,14H2,1-3H3,(H,15,16,18)/t8-/m0/s1. The van der Waals surface area contributed by atoms with Gasteiger partial charge in [0.25, 0.3) is 0 Å². The molecule has 108 valence electrons. The number of carbonyl (C=O) groups is 2. The van der Waals surface area contributed by atoms with E-state index in [4.69, 9.17) is 5.73 Å². The molecule has 0 spiro atoms. The van der Waals surface area contributed by atoms with Crippen LogP contribution in [0.3, 0.4) is 0 Å². The maximum atomic E-state index is 12.0. The Balaban J connectivity index is 2.31. The van der Waals surface area contributed by atoms with Crippen molar-refractivity contribution >= 4 is 35.1 Å². The summed E-state index contributed by atoms with van der Waals surface area (Å²) in [5.74, 6) is 0.596. The molecule has 20 heavy (non-hydrogen) atoms. The summed E-state index contributed by atoms with van der Waals surface area (Å²) in [6.45, 7) is 3.62. The quantitative estimate of drug-likeness (QED) is 0.852. The minimum Gasteiger partial charge on any atom is -0.319 e. The molecule has 0 aromatic carbocycles. The molecule has 3 N–H and O–H groups in total. The zero-order chi connectivity index (χ0) is 14.9. The molecule has 0 saturated carbocycles. The van der Waals surface area contributed by atoms with Crippen LogP contribution in [0.1, 0.15) is 13.8 Å². The van der Waals surface area contributed by atoms with E-state index in [1.807, 2.05) is 13.8 Å². The highest BCUT2D eigenvalue weighted by molar-refractivity contribution is 7.99. The number of nitrogens with zero attached hydrogens (tertiary/aromatic N) is 2. The molecule has 0 radical (unpaired) electrons. The van der Waals surface area contributed by atoms with Crippen molar-refractivity contribution in [3.05, 3.63) is 12.3 Å². The number of aromatic nitrogens is 1. The zero-order valence-electron chi connectivity index (χ0n) is 11.7. The van der Waals surface area contributed by atoms with Gasteiger partial charge in [-0.15, -0.1) is 11.8 Å². The predicted octanol–water partition coefficient (Wildman–Crippen LogP) is 1.07. The fourth-order valence-corrected chi connectivity index (χ4v) is 2.74. The predicted molar refractivity (Wildman–Crippen MR) is 79.8 cm³/mol. The number of thioether (sulfide) groups is 1. The maximum absolute atomic E-state index is 12.0. The van der Waals surface area contributed by atoms with Crippen LogP contribution < -0.4 is 16.0 Å². The summed E-state index contributed by atoms with van der Waals surface area (Å²) in [5.41, 5.74) is 6.53. The highest BCUT2D eigenvalue weighted by Crippen LogP contribution is 2.34. The fraction of sp³-hybridized carbons (Fsp3) is 0.462. The molecule has 1 atom stereocenters. The lowest BCUT2D eigenvalue weighted by molar-refractivity contribution is -0.119. The van der Waals surface area contributed by atoms with Gasteiger partial charge in [0.1, 0.15) is 5.82 Å². The number of amides is 2. The summed E-state index contributed by atoms with van der Waals surface area (Å²) in [4.78, 5) is 30.3. The molecule has 1 aromatic heterocycles. The van der Waals surface area contributed by atoms with Crippen LogP contribution in [0.4, 0.5) is 11.5 Å². The maximum Gasteiger partial charge on any atom is 0.244 e. The van der Waals surface area contributed by atoms with Gasteiger partial charge in [-0.3, -0.25) is 9.59 Å². The molecule has 1 aromatic rings. The second-order valence-electron chi connectivity index (χ2n) is 5.00. The topological polar surface area (TPSA) is 88.3 Å². The third-order valence-electron chi connectivity index (χ3n) is 3.05. The van der Waals surface area contributed by atoms with Gasteiger partial charge in [-0.1, -0.05) is 13.8 Å². The lowest BCUT2D eigenvalue weighted by Gasteiger charge is -2.19. The SMILES string of the molecule is CC(C)C(=O)Nc1cc2c(cn1)SC[C@H](N)C(=O)N2C. The molecule has 7 heteroatoms. The van der Waals surface area contributed by atoms with Gasteiger partial charge in [-0.2, -0.15) is 0 Å². The molecular formula is C13H18N4O2S. The van der Waals surface area contributed by atoms with Crippen molar-refractivity contribution in [1.29, 1.82) is 0 Å². The monoisotopic (exact) mass is 294 g/mol. The Morgan fingerprint density at radius 1 is 1.60 bits per heavy atom. The molecule has 0 bridgehead atoms. The lowest BCUT2D eigenvalue weighted by atomic mass is 10.2. The zero-order valence-corrected chi connectivity index (χ0v) is 12.5. The molecule has 2 heterocycles. The van der Waals surface area contributed by atoms with Crippen molar-refractivity contribution in [2.45, 2.75) is 24.8 Å². The Kier molecular flexibility index (Phi) is 4.29. The Labute approximate surface area is 122 Å². The van der Waals surface area contributed by atoms with Gasteiger partial charge in [0, 0.05) is 35.9 Å². The molecule has 1 aliphatic heterocycles. The summed E-state index contributed by atoms with van der Waals surface area (Å²) in [6, 6.07) is 1.18. The van der Waals surface area contributed by atoms with Gasteiger partial charge in [-0.05, 0) is 0 Å². The van der Waals surface area contributed by atoms with Crippen LogP contribution in [-0.4, -0.2) is 35.6 Å². The van der Waals surface area contributed by atoms with E-state index in [2.05, 4.69) is 10.3 Å². The number of nitrogens with two attached hydrogens (primary N) is 1. The lowest BCUT2D eigenvalue weighted by Crippen LogP contribution is -2.42. The Bertz CT molecular complexity index is 547. The number of anilines is 2. The highest BCUT2D eigenvalue weighted by atomic mass is 32.2. The van der Waals surface area contributed by atoms with Crippen LogP contribution in [0.2, 0.25) is 0 Å². The number of nitrogens with one attached hydrogen (secondary N) is 1. The normalized spacial score (nSPS) is 18.8. The first-order valence-electron chi connectivity index (χ1n) is 6.37. The van der Waals surface area contributed by atoms with Crippen LogP contribution in [-0.2, 0) is 9.59 Å². The van der Waals surface area contributed by atoms with Crippen molar-refractivity contribution in [3.8, 4) is 0 Å². The molecule has 0 saturated heterocycles. The Morgan fingerprint density at radius 2 is 2.30 bits per heavy atom. The van der Waals surface area contributed by atoms with Gasteiger partial charge in [0.05, 0.1) is 11.7 Å². The second kappa shape index (κ2) is 5.80. The van der Waals surface area contributed by atoms with Gasteiger partial charge in [0.15, 0.2) is 0 Å².